The number of nitrogens with two attached hydrogens (primary N) is 2. The Morgan fingerprint density at radius 1 is 1.38 bits per heavy atom. The molecule has 1 saturated heterocycles. The molecule has 0 spiro atoms. The second-order valence-corrected chi connectivity index (χ2v) is 3.00. The Morgan fingerprint density at radius 2 is 1.92 bits per heavy atom. The van der Waals surface area contributed by atoms with E-state index in [4.69, 9.17) is 11.5 Å². The number of hydrogen-bond donors (Lipinski definition) is 3. The second-order valence-electron chi connectivity index (χ2n) is 3.00. The van der Waals surface area contributed by atoms with Gasteiger partial charge in [0.25, 0.3) is 0 Å². The molecular weight excluding hydrogens is 174 g/mol. The molecule has 1 atom stereocenters. The van der Waals surface area contributed by atoms with Gasteiger partial charge in [0.2, 0.25) is 17.7 Å². The molecule has 0 radical (unpaired) electrons. The van der Waals surface area contributed by atoms with Gasteiger partial charge in [-0.1, -0.05) is 0 Å². The van der Waals surface area contributed by atoms with Gasteiger partial charge in [0.15, 0.2) is 0 Å². The zero-order valence-electron chi connectivity index (χ0n) is 6.95. The van der Waals surface area contributed by atoms with E-state index in [-0.39, 0.29) is 5.91 Å². The monoisotopic (exact) mass is 185 g/mol. The van der Waals surface area contributed by atoms with Crippen molar-refractivity contribution in [3.63, 3.8) is 0 Å². The van der Waals surface area contributed by atoms with Gasteiger partial charge in [-0.25, -0.2) is 0 Å². The fourth-order valence-electron chi connectivity index (χ4n) is 1.42. The lowest BCUT2D eigenvalue weighted by Gasteiger charge is -2.16. The van der Waals surface area contributed by atoms with Crippen LogP contribution in [0.5, 0.6) is 0 Å². The maximum Gasteiger partial charge on any atom is 0.232 e. The first kappa shape index (κ1) is 9.50. The summed E-state index contributed by atoms with van der Waals surface area (Å²) >= 11 is 0. The van der Waals surface area contributed by atoms with E-state index in [0.29, 0.717) is 12.8 Å². The van der Waals surface area contributed by atoms with Crippen molar-refractivity contribution >= 4 is 17.7 Å². The Bertz CT molecular complexity index is 250. The first-order valence-electron chi connectivity index (χ1n) is 3.90. The Labute approximate surface area is 74.6 Å². The van der Waals surface area contributed by atoms with Gasteiger partial charge in [-0.15, -0.1) is 0 Å². The molecule has 0 aliphatic carbocycles. The zero-order chi connectivity index (χ0) is 10.0. The highest BCUT2D eigenvalue weighted by Gasteiger charge is 2.36. The van der Waals surface area contributed by atoms with Crippen molar-refractivity contribution in [1.82, 2.24) is 5.32 Å². The van der Waals surface area contributed by atoms with Crippen LogP contribution in [0.1, 0.15) is 12.8 Å². The Morgan fingerprint density at radius 3 is 2.23 bits per heavy atom. The fraction of sp³-hybridized carbons (Fsp3) is 0.571. The lowest BCUT2D eigenvalue weighted by Crippen LogP contribution is -2.47. The predicted molar refractivity (Wildman–Crippen MR) is 43.0 cm³/mol. The molecule has 3 amide bonds. The largest absolute Gasteiger partial charge is 0.369 e. The van der Waals surface area contributed by atoms with E-state index < -0.39 is 23.8 Å². The quantitative estimate of drug-likeness (QED) is 0.435. The van der Waals surface area contributed by atoms with Crippen LogP contribution < -0.4 is 16.8 Å². The van der Waals surface area contributed by atoms with E-state index in [1.165, 1.54) is 0 Å². The highest BCUT2D eigenvalue weighted by atomic mass is 16.2. The van der Waals surface area contributed by atoms with Gasteiger partial charge < -0.3 is 16.8 Å². The molecule has 0 aromatic carbocycles. The lowest BCUT2D eigenvalue weighted by molar-refractivity contribution is -0.132. The number of carbonyl (C=O) groups is 3. The zero-order valence-corrected chi connectivity index (χ0v) is 6.95. The summed E-state index contributed by atoms with van der Waals surface area (Å²) in [5.41, 5.74) is 9.94. The Hall–Kier alpha value is -1.59. The summed E-state index contributed by atoms with van der Waals surface area (Å²) in [5, 5.41) is 2.48. The van der Waals surface area contributed by atoms with Crippen LogP contribution in [0.25, 0.3) is 0 Å². The van der Waals surface area contributed by atoms with Crippen molar-refractivity contribution in [2.75, 3.05) is 0 Å². The van der Waals surface area contributed by atoms with Crippen LogP contribution in [-0.4, -0.2) is 23.8 Å². The van der Waals surface area contributed by atoms with Crippen LogP contribution in [0.15, 0.2) is 0 Å². The minimum atomic E-state index is -1.09. The lowest BCUT2D eigenvalue weighted by atomic mass is 9.97. The van der Waals surface area contributed by atoms with E-state index in [2.05, 4.69) is 5.32 Å². The van der Waals surface area contributed by atoms with Crippen LogP contribution in [0.2, 0.25) is 0 Å². The highest BCUT2D eigenvalue weighted by molar-refractivity contribution is 6.00. The van der Waals surface area contributed by atoms with Crippen LogP contribution in [0.3, 0.4) is 0 Å². The van der Waals surface area contributed by atoms with Gasteiger partial charge >= 0.3 is 0 Å². The molecule has 1 aliphatic heterocycles. The molecule has 5 N–H and O–H groups in total. The summed E-state index contributed by atoms with van der Waals surface area (Å²) in [4.78, 5) is 32.4. The van der Waals surface area contributed by atoms with Crippen LogP contribution in [-0.2, 0) is 14.4 Å². The van der Waals surface area contributed by atoms with Crippen molar-refractivity contribution in [1.29, 1.82) is 0 Å². The molecule has 0 aromatic heterocycles. The molecule has 0 aromatic rings. The topological polar surface area (TPSA) is 115 Å². The minimum absolute atomic E-state index is 0.183. The molecule has 0 bridgehead atoms. The molecule has 6 nitrogen and oxygen atoms in total. The van der Waals surface area contributed by atoms with Crippen molar-refractivity contribution in [2.24, 2.45) is 17.4 Å². The highest BCUT2D eigenvalue weighted by Crippen LogP contribution is 2.15. The van der Waals surface area contributed by atoms with E-state index in [9.17, 15) is 14.4 Å². The van der Waals surface area contributed by atoms with Crippen LogP contribution >= 0.6 is 0 Å². The van der Waals surface area contributed by atoms with Crippen molar-refractivity contribution in [2.45, 2.75) is 18.9 Å². The van der Waals surface area contributed by atoms with Gasteiger partial charge in [-0.2, -0.15) is 0 Å². The third-order valence-electron chi connectivity index (χ3n) is 2.04. The molecule has 1 fully saturated rings. The average Bonchev–Trinajstić information content (AvgIpc) is 2.34. The number of rotatable bonds is 3. The second kappa shape index (κ2) is 3.42. The summed E-state index contributed by atoms with van der Waals surface area (Å²) in [6.45, 7) is 0. The van der Waals surface area contributed by atoms with Crippen molar-refractivity contribution in [3.05, 3.63) is 0 Å². The van der Waals surface area contributed by atoms with Crippen LogP contribution in [0.4, 0.5) is 0 Å². The summed E-state index contributed by atoms with van der Waals surface area (Å²) in [6.07, 6.45) is 0.733. The molecule has 72 valence electrons. The third-order valence-corrected chi connectivity index (χ3v) is 2.04. The number of primary amides is 2. The number of amides is 3. The molecule has 1 heterocycles. The van der Waals surface area contributed by atoms with Gasteiger partial charge in [-0.05, 0) is 6.42 Å². The van der Waals surface area contributed by atoms with Crippen LogP contribution in [0, 0.1) is 5.92 Å². The molecule has 1 aliphatic rings. The summed E-state index contributed by atoms with van der Waals surface area (Å²) in [7, 11) is 0. The van der Waals surface area contributed by atoms with E-state index in [1.54, 1.807) is 0 Å². The first-order valence-corrected chi connectivity index (χ1v) is 3.90. The van der Waals surface area contributed by atoms with Crippen molar-refractivity contribution in [3.8, 4) is 0 Å². The first-order chi connectivity index (χ1) is 6.02. The smallest absolute Gasteiger partial charge is 0.232 e. The molecule has 1 rings (SSSR count). The number of hydrogen-bond acceptors (Lipinski definition) is 3. The molecular formula is C7H11N3O3. The maximum absolute atomic E-state index is 10.8. The van der Waals surface area contributed by atoms with Crippen molar-refractivity contribution < 1.29 is 14.4 Å². The summed E-state index contributed by atoms with van der Waals surface area (Å²) < 4.78 is 0. The normalized spacial score (nSPS) is 21.6. The molecule has 0 saturated carbocycles. The Balaban J connectivity index is 2.71. The molecule has 1 unspecified atom stereocenters. The van der Waals surface area contributed by atoms with E-state index >= 15 is 0 Å². The fourth-order valence-corrected chi connectivity index (χ4v) is 1.42. The summed E-state index contributed by atoms with van der Waals surface area (Å²) in [5.74, 6) is -2.86. The molecule has 6 heteroatoms. The van der Waals surface area contributed by atoms with Gasteiger partial charge in [0.05, 0.1) is 0 Å². The van der Waals surface area contributed by atoms with Gasteiger partial charge in [0.1, 0.15) is 5.92 Å². The minimum Gasteiger partial charge on any atom is -0.369 e. The SMILES string of the molecule is NC(=O)C(C(N)=O)C1CCC(=O)N1. The Kier molecular flexibility index (Phi) is 2.50. The summed E-state index contributed by atoms with van der Waals surface area (Å²) in [6, 6.07) is -0.525. The number of carbonyl (C=O) groups excluding carboxylic acids is 3. The van der Waals surface area contributed by atoms with Gasteiger partial charge in [-0.3, -0.25) is 14.4 Å². The average molecular weight is 185 g/mol. The standard InChI is InChI=1S/C7H11N3O3/c8-6(12)5(7(9)13)3-1-2-4(11)10-3/h3,5H,1-2H2,(H2,8,12)(H2,9,13)(H,10,11). The van der Waals surface area contributed by atoms with E-state index in [1.807, 2.05) is 0 Å². The molecule has 13 heavy (non-hydrogen) atoms. The third kappa shape index (κ3) is 1.95. The number of nitrogens with one attached hydrogen (secondary N) is 1. The maximum atomic E-state index is 10.8. The van der Waals surface area contributed by atoms with Gasteiger partial charge in [0, 0.05) is 12.5 Å². The van der Waals surface area contributed by atoms with E-state index in [0.717, 1.165) is 0 Å². The predicted octanol–water partition coefficient (Wildman–Crippen LogP) is -2.15.